The van der Waals surface area contributed by atoms with Crippen LogP contribution in [0.5, 0.6) is 5.75 Å². The Morgan fingerprint density at radius 2 is 2.00 bits per heavy atom. The third-order valence-electron chi connectivity index (χ3n) is 4.26. The summed E-state index contributed by atoms with van der Waals surface area (Å²) in [7, 11) is 0. The molecule has 0 spiro atoms. The third kappa shape index (κ3) is 2.25. The molecule has 0 radical (unpaired) electrons. The van der Waals surface area contributed by atoms with Crippen molar-refractivity contribution >= 4 is 22.7 Å². The van der Waals surface area contributed by atoms with E-state index in [1.807, 2.05) is 43.3 Å². The van der Waals surface area contributed by atoms with Crippen LogP contribution in [0.25, 0.3) is 22.2 Å². The Morgan fingerprint density at radius 3 is 2.75 bits per heavy atom. The number of nitrogens with zero attached hydrogens (tertiary/aromatic N) is 2. The van der Waals surface area contributed by atoms with Crippen molar-refractivity contribution in [1.82, 2.24) is 4.98 Å². The summed E-state index contributed by atoms with van der Waals surface area (Å²) >= 11 is 0. The summed E-state index contributed by atoms with van der Waals surface area (Å²) in [5.41, 5.74) is 3.84. The highest BCUT2D eigenvalue weighted by atomic mass is 16.6. The van der Waals surface area contributed by atoms with E-state index in [1.165, 1.54) is 0 Å². The number of carbonyl (C=O) groups is 1. The molecule has 1 aliphatic heterocycles. The Kier molecular flexibility index (Phi) is 3.34. The van der Waals surface area contributed by atoms with Crippen molar-refractivity contribution in [3.8, 4) is 17.0 Å². The number of aryl methyl sites for hydroxylation is 1. The van der Waals surface area contributed by atoms with E-state index in [0.29, 0.717) is 24.4 Å². The van der Waals surface area contributed by atoms with Gasteiger partial charge in [-0.3, -0.25) is 4.90 Å². The lowest BCUT2D eigenvalue weighted by molar-refractivity contribution is 0.181. The summed E-state index contributed by atoms with van der Waals surface area (Å²) in [6, 6.07) is 14.8. The third-order valence-corrected chi connectivity index (χ3v) is 4.26. The van der Waals surface area contributed by atoms with Crippen LogP contribution in [0.1, 0.15) is 5.56 Å². The smallest absolute Gasteiger partial charge is 0.414 e. The standard InChI is InChI=1S/C19H16N2O3/c1-12-11-15(14-5-2-3-8-17(14)22)20-18-13(12)6-4-7-16(18)21-9-10-24-19(21)23/h2-8,11,22H,9-10H2,1H3. The van der Waals surface area contributed by atoms with Gasteiger partial charge in [0.05, 0.1) is 23.4 Å². The first kappa shape index (κ1) is 14.5. The van der Waals surface area contributed by atoms with Crippen molar-refractivity contribution in [1.29, 1.82) is 0 Å². The number of anilines is 1. The molecule has 0 aliphatic carbocycles. The van der Waals surface area contributed by atoms with E-state index >= 15 is 0 Å². The molecule has 5 heteroatoms. The van der Waals surface area contributed by atoms with E-state index in [-0.39, 0.29) is 11.8 Å². The second-order valence-corrected chi connectivity index (χ2v) is 5.78. The highest BCUT2D eigenvalue weighted by Crippen LogP contribution is 2.34. The molecule has 1 aliphatic rings. The number of carbonyl (C=O) groups excluding carboxylic acids is 1. The maximum Gasteiger partial charge on any atom is 0.414 e. The fourth-order valence-corrected chi connectivity index (χ4v) is 3.06. The van der Waals surface area contributed by atoms with Crippen molar-refractivity contribution in [3.63, 3.8) is 0 Å². The maximum absolute atomic E-state index is 11.9. The maximum atomic E-state index is 11.9. The topological polar surface area (TPSA) is 62.7 Å². The lowest BCUT2D eigenvalue weighted by Gasteiger charge is -2.16. The summed E-state index contributed by atoms with van der Waals surface area (Å²) in [5, 5.41) is 11.1. The molecule has 3 aromatic rings. The van der Waals surface area contributed by atoms with Crippen LogP contribution in [0.15, 0.2) is 48.5 Å². The number of hydrogen-bond donors (Lipinski definition) is 1. The highest BCUT2D eigenvalue weighted by Gasteiger charge is 2.26. The number of benzene rings is 2. The van der Waals surface area contributed by atoms with Gasteiger partial charge in [0.25, 0.3) is 0 Å². The largest absolute Gasteiger partial charge is 0.507 e. The lowest BCUT2D eigenvalue weighted by Crippen LogP contribution is -2.23. The first-order valence-electron chi connectivity index (χ1n) is 7.78. The number of aromatic hydroxyl groups is 1. The van der Waals surface area contributed by atoms with Gasteiger partial charge in [-0.1, -0.05) is 24.3 Å². The first-order chi connectivity index (χ1) is 11.6. The van der Waals surface area contributed by atoms with Crippen molar-refractivity contribution < 1.29 is 14.6 Å². The Hall–Kier alpha value is -3.08. The Bertz CT molecular complexity index is 952. The number of phenols is 1. The molecule has 24 heavy (non-hydrogen) atoms. The average molecular weight is 320 g/mol. The second-order valence-electron chi connectivity index (χ2n) is 5.78. The number of hydrogen-bond acceptors (Lipinski definition) is 4. The lowest BCUT2D eigenvalue weighted by atomic mass is 10.0. The fourth-order valence-electron chi connectivity index (χ4n) is 3.06. The van der Waals surface area contributed by atoms with Gasteiger partial charge in [0.2, 0.25) is 0 Å². The van der Waals surface area contributed by atoms with Crippen LogP contribution in [0, 0.1) is 6.92 Å². The Balaban J connectivity index is 1.96. The summed E-state index contributed by atoms with van der Waals surface area (Å²) in [6.07, 6.45) is -0.352. The summed E-state index contributed by atoms with van der Waals surface area (Å²) in [5.74, 6) is 0.182. The van der Waals surface area contributed by atoms with E-state index in [0.717, 1.165) is 22.2 Å². The van der Waals surface area contributed by atoms with Crippen molar-refractivity contribution in [3.05, 3.63) is 54.1 Å². The summed E-state index contributed by atoms with van der Waals surface area (Å²) in [4.78, 5) is 18.3. The summed E-state index contributed by atoms with van der Waals surface area (Å²) < 4.78 is 5.05. The van der Waals surface area contributed by atoms with E-state index < -0.39 is 0 Å². The molecule has 4 rings (SSSR count). The number of para-hydroxylation sites is 2. The van der Waals surface area contributed by atoms with Gasteiger partial charge in [-0.05, 0) is 36.8 Å². The van der Waals surface area contributed by atoms with Crippen LogP contribution >= 0.6 is 0 Å². The number of ether oxygens (including phenoxy) is 1. The van der Waals surface area contributed by atoms with Gasteiger partial charge in [-0.2, -0.15) is 0 Å². The molecule has 1 aromatic heterocycles. The number of amides is 1. The van der Waals surface area contributed by atoms with E-state index in [9.17, 15) is 9.90 Å². The minimum Gasteiger partial charge on any atom is -0.507 e. The van der Waals surface area contributed by atoms with Crippen molar-refractivity contribution in [2.45, 2.75) is 6.92 Å². The molecule has 2 aromatic carbocycles. The summed E-state index contributed by atoms with van der Waals surface area (Å²) in [6.45, 7) is 2.90. The zero-order valence-electron chi connectivity index (χ0n) is 13.2. The quantitative estimate of drug-likeness (QED) is 0.778. The molecule has 0 atom stereocenters. The minimum atomic E-state index is -0.352. The molecular formula is C19H16N2O3. The molecular weight excluding hydrogens is 304 g/mol. The molecule has 0 bridgehead atoms. The Morgan fingerprint density at radius 1 is 1.17 bits per heavy atom. The molecule has 5 nitrogen and oxygen atoms in total. The van der Waals surface area contributed by atoms with Gasteiger partial charge in [0.1, 0.15) is 12.4 Å². The highest BCUT2D eigenvalue weighted by molar-refractivity contribution is 6.02. The predicted molar refractivity (Wildman–Crippen MR) is 92.3 cm³/mol. The molecule has 1 saturated heterocycles. The fraction of sp³-hybridized carbons (Fsp3) is 0.158. The number of pyridine rings is 1. The van der Waals surface area contributed by atoms with Crippen molar-refractivity contribution in [2.75, 3.05) is 18.1 Å². The van der Waals surface area contributed by atoms with Crippen LogP contribution in [0.2, 0.25) is 0 Å². The molecule has 120 valence electrons. The number of cyclic esters (lactones) is 1. The zero-order valence-corrected chi connectivity index (χ0v) is 13.2. The van der Waals surface area contributed by atoms with Crippen LogP contribution in [0.3, 0.4) is 0 Å². The van der Waals surface area contributed by atoms with Gasteiger partial charge in [0, 0.05) is 10.9 Å². The number of fused-ring (bicyclic) bond motifs is 1. The monoisotopic (exact) mass is 320 g/mol. The average Bonchev–Trinajstić information content (AvgIpc) is 3.00. The molecule has 1 N–H and O–H groups in total. The first-order valence-corrected chi connectivity index (χ1v) is 7.78. The van der Waals surface area contributed by atoms with Crippen LogP contribution in [-0.2, 0) is 4.74 Å². The van der Waals surface area contributed by atoms with Crippen molar-refractivity contribution in [2.24, 2.45) is 0 Å². The van der Waals surface area contributed by atoms with Gasteiger partial charge >= 0.3 is 6.09 Å². The SMILES string of the molecule is Cc1cc(-c2ccccc2O)nc2c(N3CCOC3=O)cccc12. The zero-order chi connectivity index (χ0) is 16.7. The van der Waals surface area contributed by atoms with Crippen LogP contribution < -0.4 is 4.90 Å². The van der Waals surface area contributed by atoms with Gasteiger partial charge in [-0.15, -0.1) is 0 Å². The van der Waals surface area contributed by atoms with E-state index in [1.54, 1.807) is 17.0 Å². The number of phenolic OH excluding ortho intramolecular Hbond substituents is 1. The molecule has 0 saturated carbocycles. The molecule has 1 fully saturated rings. The molecule has 0 unspecified atom stereocenters. The van der Waals surface area contributed by atoms with E-state index in [4.69, 9.17) is 9.72 Å². The predicted octanol–water partition coefficient (Wildman–Crippen LogP) is 3.87. The Labute approximate surface area is 139 Å². The second kappa shape index (κ2) is 5.53. The van der Waals surface area contributed by atoms with Gasteiger partial charge in [0.15, 0.2) is 0 Å². The molecule has 1 amide bonds. The normalized spacial score (nSPS) is 14.2. The van der Waals surface area contributed by atoms with Crippen LogP contribution in [-0.4, -0.2) is 29.3 Å². The molecule has 2 heterocycles. The van der Waals surface area contributed by atoms with Crippen LogP contribution in [0.4, 0.5) is 10.5 Å². The van der Waals surface area contributed by atoms with E-state index in [2.05, 4.69) is 0 Å². The van der Waals surface area contributed by atoms with Gasteiger partial charge < -0.3 is 9.84 Å². The number of aromatic nitrogens is 1. The number of rotatable bonds is 2. The van der Waals surface area contributed by atoms with Gasteiger partial charge in [-0.25, -0.2) is 9.78 Å². The minimum absolute atomic E-state index is 0.182.